The summed E-state index contributed by atoms with van der Waals surface area (Å²) in [6, 6.07) is 14.6. The van der Waals surface area contributed by atoms with Crippen molar-refractivity contribution in [3.05, 3.63) is 59.2 Å². The predicted molar refractivity (Wildman–Crippen MR) is 95.8 cm³/mol. The van der Waals surface area contributed by atoms with Crippen molar-refractivity contribution in [2.45, 2.75) is 38.0 Å². The average Bonchev–Trinajstić information content (AvgIpc) is 3.05. The van der Waals surface area contributed by atoms with Crippen molar-refractivity contribution in [1.29, 1.82) is 0 Å². The summed E-state index contributed by atoms with van der Waals surface area (Å²) in [7, 11) is 1.70. The zero-order valence-corrected chi connectivity index (χ0v) is 14.1. The maximum Gasteiger partial charge on any atom is 0.227 e. The second-order valence-corrected chi connectivity index (χ2v) is 6.78. The molecule has 0 spiro atoms. The molecule has 0 saturated carbocycles. The highest BCUT2D eigenvalue weighted by atomic mass is 16.5. The van der Waals surface area contributed by atoms with Crippen molar-refractivity contribution in [2.24, 2.45) is 0 Å². The summed E-state index contributed by atoms with van der Waals surface area (Å²) in [4.78, 5) is 14.9. The third kappa shape index (κ3) is 2.68. The van der Waals surface area contributed by atoms with Crippen LogP contribution in [-0.2, 0) is 17.6 Å². The molecule has 124 valence electrons. The van der Waals surface area contributed by atoms with Crippen molar-refractivity contribution in [3.8, 4) is 5.75 Å². The molecule has 0 fully saturated rings. The van der Waals surface area contributed by atoms with Gasteiger partial charge in [0.05, 0.1) is 7.11 Å². The summed E-state index contributed by atoms with van der Waals surface area (Å²) in [5.41, 5.74) is 5.08. The molecule has 1 atom stereocenters. The van der Waals surface area contributed by atoms with E-state index in [1.54, 1.807) is 7.11 Å². The number of ether oxygens (including phenoxy) is 1. The highest BCUT2D eigenvalue weighted by Crippen LogP contribution is 2.37. The number of benzene rings is 2. The largest absolute Gasteiger partial charge is 0.497 e. The van der Waals surface area contributed by atoms with E-state index < -0.39 is 0 Å². The third-order valence-corrected chi connectivity index (χ3v) is 5.40. The molecule has 4 rings (SSSR count). The fourth-order valence-corrected chi connectivity index (χ4v) is 4.15. The van der Waals surface area contributed by atoms with Gasteiger partial charge in [-0.15, -0.1) is 0 Å². The number of hydrogen-bond donors (Lipinski definition) is 0. The maximum absolute atomic E-state index is 12.9. The van der Waals surface area contributed by atoms with Gasteiger partial charge in [-0.2, -0.15) is 0 Å². The molecule has 1 aliphatic heterocycles. The van der Waals surface area contributed by atoms with Crippen LogP contribution in [0.2, 0.25) is 0 Å². The number of para-hydroxylation sites is 1. The lowest BCUT2D eigenvalue weighted by Crippen LogP contribution is -2.30. The van der Waals surface area contributed by atoms with Crippen LogP contribution >= 0.6 is 0 Å². The number of anilines is 1. The third-order valence-electron chi connectivity index (χ3n) is 5.40. The van der Waals surface area contributed by atoms with Gasteiger partial charge in [-0.1, -0.05) is 24.3 Å². The Kier molecular flexibility index (Phi) is 4.01. The topological polar surface area (TPSA) is 29.5 Å². The molecular weight excluding hydrogens is 298 g/mol. The Bertz CT molecular complexity index is 768. The highest BCUT2D eigenvalue weighted by Gasteiger charge is 2.28. The number of carbonyl (C=O) groups is 1. The van der Waals surface area contributed by atoms with E-state index >= 15 is 0 Å². The SMILES string of the molecule is COc1ccc2c(c1)CCCC2CC(=O)N1CCc2ccccc21. The number of hydrogen-bond acceptors (Lipinski definition) is 2. The van der Waals surface area contributed by atoms with Crippen LogP contribution in [-0.4, -0.2) is 19.6 Å². The number of rotatable bonds is 3. The van der Waals surface area contributed by atoms with Crippen LogP contribution in [0.1, 0.15) is 41.9 Å². The second-order valence-electron chi connectivity index (χ2n) is 6.78. The lowest BCUT2D eigenvalue weighted by molar-refractivity contribution is -0.119. The quantitative estimate of drug-likeness (QED) is 0.852. The molecule has 3 heteroatoms. The Balaban J connectivity index is 1.54. The van der Waals surface area contributed by atoms with Gasteiger partial charge in [0.25, 0.3) is 0 Å². The van der Waals surface area contributed by atoms with E-state index in [9.17, 15) is 4.79 Å². The van der Waals surface area contributed by atoms with Gasteiger partial charge in [0, 0.05) is 18.7 Å². The Labute approximate surface area is 143 Å². The van der Waals surface area contributed by atoms with E-state index in [1.165, 1.54) is 16.7 Å². The van der Waals surface area contributed by atoms with Crippen molar-refractivity contribution in [2.75, 3.05) is 18.6 Å². The number of aryl methyl sites for hydroxylation is 1. The summed E-state index contributed by atoms with van der Waals surface area (Å²) in [6.07, 6.45) is 4.91. The van der Waals surface area contributed by atoms with E-state index in [0.717, 1.165) is 43.7 Å². The predicted octanol–water partition coefficient (Wildman–Crippen LogP) is 4.09. The van der Waals surface area contributed by atoms with Crippen molar-refractivity contribution >= 4 is 11.6 Å². The van der Waals surface area contributed by atoms with E-state index in [1.807, 2.05) is 17.0 Å². The minimum atomic E-state index is 0.258. The number of methoxy groups -OCH3 is 1. The molecule has 0 saturated heterocycles. The fourth-order valence-electron chi connectivity index (χ4n) is 4.15. The Morgan fingerprint density at radius 2 is 2.04 bits per heavy atom. The molecule has 1 aliphatic carbocycles. The molecule has 24 heavy (non-hydrogen) atoms. The number of nitrogens with zero attached hydrogens (tertiary/aromatic N) is 1. The van der Waals surface area contributed by atoms with Gasteiger partial charge in [0.2, 0.25) is 5.91 Å². The second kappa shape index (κ2) is 6.31. The zero-order valence-electron chi connectivity index (χ0n) is 14.1. The van der Waals surface area contributed by atoms with Crippen LogP contribution in [0.25, 0.3) is 0 Å². The summed E-state index contributed by atoms with van der Waals surface area (Å²) in [6.45, 7) is 0.820. The van der Waals surface area contributed by atoms with Crippen LogP contribution < -0.4 is 9.64 Å². The Hall–Kier alpha value is -2.29. The van der Waals surface area contributed by atoms with Crippen molar-refractivity contribution in [1.82, 2.24) is 0 Å². The van der Waals surface area contributed by atoms with Gasteiger partial charge >= 0.3 is 0 Å². The first-order valence-electron chi connectivity index (χ1n) is 8.81. The molecule has 2 aromatic carbocycles. The molecule has 0 N–H and O–H groups in total. The van der Waals surface area contributed by atoms with Crippen LogP contribution in [0, 0.1) is 0 Å². The maximum atomic E-state index is 12.9. The fraction of sp³-hybridized carbons (Fsp3) is 0.381. The Morgan fingerprint density at radius 1 is 1.17 bits per heavy atom. The molecule has 1 amide bonds. The van der Waals surface area contributed by atoms with Gasteiger partial charge in [-0.25, -0.2) is 0 Å². The van der Waals surface area contributed by atoms with E-state index in [2.05, 4.69) is 30.3 Å². The molecule has 3 nitrogen and oxygen atoms in total. The van der Waals surface area contributed by atoms with Gasteiger partial charge in [0.15, 0.2) is 0 Å². The minimum Gasteiger partial charge on any atom is -0.497 e. The van der Waals surface area contributed by atoms with Gasteiger partial charge in [-0.05, 0) is 66.5 Å². The van der Waals surface area contributed by atoms with Crippen molar-refractivity contribution < 1.29 is 9.53 Å². The molecule has 0 bridgehead atoms. The van der Waals surface area contributed by atoms with Crippen LogP contribution in [0.5, 0.6) is 5.75 Å². The normalized spacial score (nSPS) is 18.9. The van der Waals surface area contributed by atoms with Gasteiger partial charge in [0.1, 0.15) is 5.75 Å². The lowest BCUT2D eigenvalue weighted by atomic mass is 9.80. The van der Waals surface area contributed by atoms with Gasteiger partial charge in [-0.3, -0.25) is 4.79 Å². The molecule has 2 aromatic rings. The van der Waals surface area contributed by atoms with Gasteiger partial charge < -0.3 is 9.64 Å². The summed E-state index contributed by atoms with van der Waals surface area (Å²) in [5.74, 6) is 1.50. The number of amides is 1. The lowest BCUT2D eigenvalue weighted by Gasteiger charge is -2.27. The first-order valence-corrected chi connectivity index (χ1v) is 8.81. The first-order chi connectivity index (χ1) is 11.8. The summed E-state index contributed by atoms with van der Waals surface area (Å²) in [5, 5.41) is 0. The monoisotopic (exact) mass is 321 g/mol. The molecular formula is C21H23NO2. The molecule has 0 aromatic heterocycles. The standard InChI is InChI=1S/C21H23NO2/c1-24-18-9-10-19-16(13-18)6-4-7-17(19)14-21(23)22-12-11-15-5-2-3-8-20(15)22/h2-3,5,8-10,13,17H,4,6-7,11-12,14H2,1H3. The summed E-state index contributed by atoms with van der Waals surface area (Å²) < 4.78 is 5.34. The smallest absolute Gasteiger partial charge is 0.227 e. The summed E-state index contributed by atoms with van der Waals surface area (Å²) >= 11 is 0. The van der Waals surface area contributed by atoms with Crippen LogP contribution in [0.4, 0.5) is 5.69 Å². The Morgan fingerprint density at radius 3 is 2.92 bits per heavy atom. The highest BCUT2D eigenvalue weighted by molar-refractivity contribution is 5.95. The number of fused-ring (bicyclic) bond motifs is 2. The molecule has 2 aliphatic rings. The van der Waals surface area contributed by atoms with E-state index in [0.29, 0.717) is 12.3 Å². The molecule has 0 radical (unpaired) electrons. The van der Waals surface area contributed by atoms with E-state index in [4.69, 9.17) is 4.74 Å². The van der Waals surface area contributed by atoms with Crippen LogP contribution in [0.3, 0.4) is 0 Å². The number of carbonyl (C=O) groups excluding carboxylic acids is 1. The molecule has 1 unspecified atom stereocenters. The zero-order chi connectivity index (χ0) is 16.5. The molecule has 1 heterocycles. The van der Waals surface area contributed by atoms with Crippen LogP contribution in [0.15, 0.2) is 42.5 Å². The van der Waals surface area contributed by atoms with E-state index in [-0.39, 0.29) is 5.91 Å². The first kappa shape index (κ1) is 15.3. The minimum absolute atomic E-state index is 0.258. The average molecular weight is 321 g/mol. The van der Waals surface area contributed by atoms with Crippen molar-refractivity contribution in [3.63, 3.8) is 0 Å².